The second-order valence-corrected chi connectivity index (χ2v) is 10.7. The lowest BCUT2D eigenvalue weighted by atomic mass is 10.2. The Balaban J connectivity index is 0.00000385. The lowest BCUT2D eigenvalue weighted by Gasteiger charge is -2.22. The van der Waals surface area contributed by atoms with E-state index in [-0.39, 0.29) is 34.3 Å². The van der Waals surface area contributed by atoms with Crippen LogP contribution in [-0.2, 0) is 9.84 Å². The van der Waals surface area contributed by atoms with Gasteiger partial charge in [-0.1, -0.05) is 30.4 Å². The van der Waals surface area contributed by atoms with Crippen LogP contribution in [0.3, 0.4) is 0 Å². The maximum Gasteiger partial charge on any atom is 0.270 e. The van der Waals surface area contributed by atoms with Gasteiger partial charge in [-0.05, 0) is 45.3 Å². The molecule has 0 atom stereocenters. The van der Waals surface area contributed by atoms with Crippen molar-refractivity contribution in [3.8, 4) is 0 Å². The molecule has 178 valence electrons. The molecule has 0 aliphatic carbocycles. The van der Waals surface area contributed by atoms with Crippen LogP contribution in [0.2, 0.25) is 0 Å². The molecule has 1 amide bonds. The first kappa shape index (κ1) is 26.7. The fraction of sp³-hybridized carbons (Fsp3) is 0.333. The van der Waals surface area contributed by atoms with E-state index in [4.69, 9.17) is 0 Å². The van der Waals surface area contributed by atoms with Crippen molar-refractivity contribution in [2.24, 2.45) is 0 Å². The van der Waals surface area contributed by atoms with E-state index in [1.54, 1.807) is 18.2 Å². The molecule has 0 bridgehead atoms. The fourth-order valence-electron chi connectivity index (χ4n) is 3.17. The van der Waals surface area contributed by atoms with Gasteiger partial charge in [0.2, 0.25) is 0 Å². The first-order valence-electron chi connectivity index (χ1n) is 9.97. The molecule has 12 heteroatoms. The van der Waals surface area contributed by atoms with Crippen molar-refractivity contribution in [3.05, 3.63) is 58.1 Å². The number of nitro benzene ring substituents is 1. The number of sulfone groups is 1. The third kappa shape index (κ3) is 6.05. The second kappa shape index (κ2) is 11.0. The average molecular weight is 513 g/mol. The number of non-ortho nitro benzene ring substituents is 1. The summed E-state index contributed by atoms with van der Waals surface area (Å²) in [6.45, 7) is 2.57. The zero-order valence-electron chi connectivity index (χ0n) is 18.4. The molecule has 0 aliphatic rings. The highest BCUT2D eigenvalue weighted by Crippen LogP contribution is 2.33. The molecule has 0 fully saturated rings. The summed E-state index contributed by atoms with van der Waals surface area (Å²) in [5, 5.41) is 11.5. The first-order valence-corrected chi connectivity index (χ1v) is 12.4. The third-order valence-corrected chi connectivity index (χ3v) is 7.69. The fourth-order valence-corrected chi connectivity index (χ4v) is 5.29. The largest absolute Gasteiger partial charge is 0.309 e. The molecule has 0 saturated heterocycles. The number of carbonyl (C=O) groups excluding carboxylic acids is 1. The number of nitro groups is 1. The molecule has 0 saturated carbocycles. The number of hydrogen-bond donors (Lipinski definition) is 0. The predicted octanol–water partition coefficient (Wildman–Crippen LogP) is 4.02. The molecule has 0 aliphatic heterocycles. The lowest BCUT2D eigenvalue weighted by Crippen LogP contribution is -2.34. The van der Waals surface area contributed by atoms with E-state index < -0.39 is 20.7 Å². The molecular weight excluding hydrogens is 488 g/mol. The van der Waals surface area contributed by atoms with Gasteiger partial charge in [-0.3, -0.25) is 19.8 Å². The van der Waals surface area contributed by atoms with E-state index in [2.05, 4.69) is 4.98 Å². The van der Waals surface area contributed by atoms with Gasteiger partial charge in [0.25, 0.3) is 11.6 Å². The number of anilines is 1. The molecule has 3 rings (SSSR count). The summed E-state index contributed by atoms with van der Waals surface area (Å²) in [7, 11) is 0.234. The maximum atomic E-state index is 13.6. The van der Waals surface area contributed by atoms with Gasteiger partial charge in [-0.25, -0.2) is 13.4 Å². The highest BCUT2D eigenvalue weighted by molar-refractivity contribution is 7.91. The van der Waals surface area contributed by atoms with Gasteiger partial charge in [0, 0.05) is 18.7 Å². The van der Waals surface area contributed by atoms with E-state index in [1.807, 2.05) is 19.0 Å². The number of nitrogens with zero attached hydrogens (tertiary/aromatic N) is 4. The van der Waals surface area contributed by atoms with E-state index in [9.17, 15) is 23.3 Å². The zero-order chi connectivity index (χ0) is 23.5. The Hall–Kier alpha value is -2.60. The molecule has 33 heavy (non-hydrogen) atoms. The number of carbonyl (C=O) groups is 1. The molecule has 1 aromatic heterocycles. The van der Waals surface area contributed by atoms with Crippen molar-refractivity contribution in [2.45, 2.75) is 18.2 Å². The monoisotopic (exact) mass is 512 g/mol. The van der Waals surface area contributed by atoms with Crippen molar-refractivity contribution in [1.82, 2.24) is 9.88 Å². The summed E-state index contributed by atoms with van der Waals surface area (Å²) >= 11 is 1.16. The number of thiazole rings is 1. The summed E-state index contributed by atoms with van der Waals surface area (Å²) in [4.78, 5) is 32.1. The number of amides is 1. The van der Waals surface area contributed by atoms with Crippen LogP contribution in [0.4, 0.5) is 10.8 Å². The maximum absolute atomic E-state index is 13.6. The van der Waals surface area contributed by atoms with Gasteiger partial charge >= 0.3 is 0 Å². The van der Waals surface area contributed by atoms with Gasteiger partial charge in [-0.2, -0.15) is 0 Å². The standard InChI is InChI=1S/C21H24N4O5S2.ClH/c1-4-32(29,30)19-9-6-5-8-16(19)20(26)24(13-7-12-23(2)3)21-22-17-11-10-15(25(27)28)14-18(17)31-21;/h5-6,8-11,14H,4,7,12-13H2,1-3H3;1H. The van der Waals surface area contributed by atoms with Gasteiger partial charge in [0.1, 0.15) is 0 Å². The van der Waals surface area contributed by atoms with E-state index >= 15 is 0 Å². The van der Waals surface area contributed by atoms with Crippen LogP contribution < -0.4 is 4.90 Å². The van der Waals surface area contributed by atoms with Gasteiger partial charge in [0.15, 0.2) is 15.0 Å². The van der Waals surface area contributed by atoms with Gasteiger partial charge < -0.3 is 4.90 Å². The molecule has 0 unspecified atom stereocenters. The molecule has 0 spiro atoms. The summed E-state index contributed by atoms with van der Waals surface area (Å²) in [6, 6.07) is 10.5. The van der Waals surface area contributed by atoms with Crippen LogP contribution in [0.15, 0.2) is 47.4 Å². The number of aromatic nitrogens is 1. The molecule has 9 nitrogen and oxygen atoms in total. The van der Waals surface area contributed by atoms with E-state index in [0.717, 1.165) is 17.9 Å². The minimum Gasteiger partial charge on any atom is -0.309 e. The molecule has 0 radical (unpaired) electrons. The highest BCUT2D eigenvalue weighted by atomic mass is 35.5. The Morgan fingerprint density at radius 1 is 1.15 bits per heavy atom. The van der Waals surface area contributed by atoms with Crippen LogP contribution in [0.25, 0.3) is 10.2 Å². The number of hydrogen-bond acceptors (Lipinski definition) is 8. The summed E-state index contributed by atoms with van der Waals surface area (Å²) in [5.41, 5.74) is 0.567. The minimum atomic E-state index is -3.61. The molecule has 3 aromatic rings. The van der Waals surface area contributed by atoms with Crippen molar-refractivity contribution >= 4 is 60.5 Å². The Morgan fingerprint density at radius 2 is 1.85 bits per heavy atom. The Bertz CT molecular complexity index is 1260. The molecule has 0 N–H and O–H groups in total. The van der Waals surface area contributed by atoms with Crippen LogP contribution in [0, 0.1) is 10.1 Å². The number of fused-ring (bicyclic) bond motifs is 1. The molecule has 1 heterocycles. The first-order chi connectivity index (χ1) is 15.1. The third-order valence-electron chi connectivity index (χ3n) is 4.87. The predicted molar refractivity (Wildman–Crippen MR) is 133 cm³/mol. The van der Waals surface area contributed by atoms with Gasteiger partial charge in [-0.15, -0.1) is 12.4 Å². The van der Waals surface area contributed by atoms with Crippen molar-refractivity contribution < 1.29 is 18.1 Å². The average Bonchev–Trinajstić information content (AvgIpc) is 3.19. The number of benzene rings is 2. The second-order valence-electron chi connectivity index (χ2n) is 7.42. The smallest absolute Gasteiger partial charge is 0.270 e. The van der Waals surface area contributed by atoms with Crippen LogP contribution in [0.5, 0.6) is 0 Å². The molecule has 2 aromatic carbocycles. The van der Waals surface area contributed by atoms with E-state index in [1.165, 1.54) is 36.1 Å². The minimum absolute atomic E-state index is 0. The quantitative estimate of drug-likeness (QED) is 0.314. The topological polar surface area (TPSA) is 114 Å². The Kier molecular flexibility index (Phi) is 8.89. The number of halogens is 1. The summed E-state index contributed by atoms with van der Waals surface area (Å²) < 4.78 is 25.7. The zero-order valence-corrected chi connectivity index (χ0v) is 20.9. The van der Waals surface area contributed by atoms with Crippen molar-refractivity contribution in [3.63, 3.8) is 0 Å². The van der Waals surface area contributed by atoms with E-state index in [0.29, 0.717) is 28.3 Å². The van der Waals surface area contributed by atoms with Crippen molar-refractivity contribution in [2.75, 3.05) is 37.8 Å². The summed E-state index contributed by atoms with van der Waals surface area (Å²) in [5.74, 6) is -0.590. The summed E-state index contributed by atoms with van der Waals surface area (Å²) in [6.07, 6.45) is 0.636. The highest BCUT2D eigenvalue weighted by Gasteiger charge is 2.27. The SMILES string of the molecule is CCS(=O)(=O)c1ccccc1C(=O)N(CCCN(C)C)c1nc2ccc([N+](=O)[O-])cc2s1.Cl. The normalized spacial score (nSPS) is 11.4. The van der Waals surface area contributed by atoms with Crippen LogP contribution in [0.1, 0.15) is 23.7 Å². The van der Waals surface area contributed by atoms with Crippen LogP contribution >= 0.6 is 23.7 Å². The Morgan fingerprint density at radius 3 is 2.48 bits per heavy atom. The van der Waals surface area contributed by atoms with Crippen LogP contribution in [-0.4, -0.2) is 62.1 Å². The Labute approximate surface area is 202 Å². The van der Waals surface area contributed by atoms with Gasteiger partial charge in [0.05, 0.1) is 31.4 Å². The van der Waals surface area contributed by atoms with Crippen molar-refractivity contribution in [1.29, 1.82) is 0 Å². The molecular formula is C21H25ClN4O5S2. The number of rotatable bonds is 9. The lowest BCUT2D eigenvalue weighted by molar-refractivity contribution is -0.384.